The molecule has 0 N–H and O–H groups in total. The molecule has 0 radical (unpaired) electrons. The Morgan fingerprint density at radius 3 is 1.62 bits per heavy atom. The van der Waals surface area contributed by atoms with Gasteiger partial charge in [0.25, 0.3) is 0 Å². The Morgan fingerprint density at radius 2 is 1.05 bits per heavy atom. The van der Waals surface area contributed by atoms with Gasteiger partial charge < -0.3 is 0 Å². The van der Waals surface area contributed by atoms with Crippen LogP contribution in [0.2, 0.25) is 0 Å². The molecule has 0 aromatic rings. The van der Waals surface area contributed by atoms with Gasteiger partial charge in [0.2, 0.25) is 0 Å². The van der Waals surface area contributed by atoms with E-state index in [-0.39, 0.29) is 0 Å². The average Bonchev–Trinajstić information content (AvgIpc) is 2.50. The maximum Gasteiger partial charge on any atom is 0.142 e. The van der Waals surface area contributed by atoms with Crippen LogP contribution in [0, 0.1) is 0 Å². The Hall–Kier alpha value is -1.37. The number of carbonyl (C=O) groups is 1. The molecule has 118 valence electrons. The maximum absolute atomic E-state index is 10.0. The van der Waals surface area contributed by atoms with Crippen molar-refractivity contribution in [3.8, 4) is 0 Å². The van der Waals surface area contributed by atoms with Gasteiger partial charge in [0.15, 0.2) is 0 Å². The molecule has 0 aliphatic carbocycles. The largest absolute Gasteiger partial charge is 0.299 e. The smallest absolute Gasteiger partial charge is 0.142 e. The summed E-state index contributed by atoms with van der Waals surface area (Å²) in [4.78, 5) is 10.0. The van der Waals surface area contributed by atoms with Gasteiger partial charge in [-0.25, -0.2) is 0 Å². The van der Waals surface area contributed by atoms with E-state index in [1.165, 1.54) is 70.3 Å². The first-order chi connectivity index (χ1) is 10.4. The first kappa shape index (κ1) is 19.6. The Labute approximate surface area is 131 Å². The number of hydrogen-bond donors (Lipinski definition) is 0. The zero-order chi connectivity index (χ0) is 15.4. The summed E-state index contributed by atoms with van der Waals surface area (Å²) in [5.41, 5.74) is 0. The molecule has 0 saturated heterocycles. The predicted molar refractivity (Wildman–Crippen MR) is 94.5 cm³/mol. The molecule has 0 rings (SSSR count). The summed E-state index contributed by atoms with van der Waals surface area (Å²) in [6, 6.07) is 0. The van der Waals surface area contributed by atoms with E-state index in [2.05, 4.69) is 19.1 Å². The highest BCUT2D eigenvalue weighted by Crippen LogP contribution is 2.10. The van der Waals surface area contributed by atoms with Crippen LogP contribution < -0.4 is 0 Å². The van der Waals surface area contributed by atoms with Crippen molar-refractivity contribution in [2.45, 2.75) is 71.1 Å². The standard InChI is InChI=1S/C20H32O/c1-2-3-4-5-6-7-8-9-10-11-12-13-14-15-16-17-18-19-20-21/h12-20H,2-11H2,1H3/b13-12+,15-14+,17-16+,19-18+. The van der Waals surface area contributed by atoms with Crippen LogP contribution in [0.25, 0.3) is 0 Å². The van der Waals surface area contributed by atoms with Gasteiger partial charge in [0.05, 0.1) is 0 Å². The highest BCUT2D eigenvalue weighted by Gasteiger charge is 1.90. The average molecular weight is 288 g/mol. The minimum Gasteiger partial charge on any atom is -0.299 e. The number of allylic oxidation sites excluding steroid dienone is 8. The van der Waals surface area contributed by atoms with Crippen molar-refractivity contribution >= 4 is 6.29 Å². The minimum absolute atomic E-state index is 0.777. The lowest BCUT2D eigenvalue weighted by molar-refractivity contribution is -0.104. The monoisotopic (exact) mass is 288 g/mol. The van der Waals surface area contributed by atoms with E-state index < -0.39 is 0 Å². The van der Waals surface area contributed by atoms with E-state index in [1.54, 1.807) is 6.08 Å². The number of rotatable bonds is 14. The Balaban J connectivity index is 3.28. The number of carbonyl (C=O) groups excluding carboxylic acids is 1. The van der Waals surface area contributed by atoms with Crippen LogP contribution in [0.15, 0.2) is 48.6 Å². The zero-order valence-electron chi connectivity index (χ0n) is 13.7. The summed E-state index contributed by atoms with van der Waals surface area (Å²) in [6.07, 6.45) is 29.7. The summed E-state index contributed by atoms with van der Waals surface area (Å²) >= 11 is 0. The van der Waals surface area contributed by atoms with Crippen molar-refractivity contribution in [3.05, 3.63) is 48.6 Å². The normalized spacial score (nSPS) is 12.4. The molecule has 1 nitrogen and oxygen atoms in total. The van der Waals surface area contributed by atoms with Gasteiger partial charge in [-0.3, -0.25) is 4.79 Å². The molecular formula is C20H32O. The first-order valence-corrected chi connectivity index (χ1v) is 8.52. The Kier molecular flexibility index (Phi) is 17.4. The van der Waals surface area contributed by atoms with Gasteiger partial charge in [0.1, 0.15) is 6.29 Å². The van der Waals surface area contributed by atoms with E-state index >= 15 is 0 Å². The molecule has 0 aliphatic rings. The van der Waals surface area contributed by atoms with E-state index in [0.717, 1.165) is 6.29 Å². The number of hydrogen-bond acceptors (Lipinski definition) is 1. The molecule has 0 bridgehead atoms. The van der Waals surface area contributed by atoms with Gasteiger partial charge in [-0.1, -0.05) is 101 Å². The number of unbranched alkanes of at least 4 members (excludes halogenated alkanes) is 9. The molecule has 0 fully saturated rings. The van der Waals surface area contributed by atoms with E-state index in [9.17, 15) is 4.79 Å². The SMILES string of the molecule is CCCCCCCCCCC/C=C/C=C/C=C/C=C/C=O. The minimum atomic E-state index is 0.777. The second kappa shape index (κ2) is 18.6. The summed E-state index contributed by atoms with van der Waals surface area (Å²) in [5, 5.41) is 0. The fraction of sp³-hybridized carbons (Fsp3) is 0.550. The predicted octanol–water partition coefficient (Wildman–Crippen LogP) is 6.33. The fourth-order valence-corrected chi connectivity index (χ4v) is 2.11. The van der Waals surface area contributed by atoms with Gasteiger partial charge in [-0.05, 0) is 18.9 Å². The molecule has 0 atom stereocenters. The van der Waals surface area contributed by atoms with Crippen molar-refractivity contribution < 1.29 is 4.79 Å². The molecule has 0 spiro atoms. The molecule has 0 amide bonds. The third-order valence-electron chi connectivity index (χ3n) is 3.36. The summed E-state index contributed by atoms with van der Waals surface area (Å²) in [5.74, 6) is 0. The highest BCUT2D eigenvalue weighted by atomic mass is 16.1. The van der Waals surface area contributed by atoms with E-state index in [0.29, 0.717) is 0 Å². The maximum atomic E-state index is 10.0. The lowest BCUT2D eigenvalue weighted by Crippen LogP contribution is -1.80. The van der Waals surface area contributed by atoms with Crippen molar-refractivity contribution in [1.29, 1.82) is 0 Å². The zero-order valence-corrected chi connectivity index (χ0v) is 13.7. The van der Waals surface area contributed by atoms with Crippen molar-refractivity contribution in [3.63, 3.8) is 0 Å². The third kappa shape index (κ3) is 18.6. The quantitative estimate of drug-likeness (QED) is 0.158. The Bertz CT molecular complexity index is 321. The molecular weight excluding hydrogens is 256 g/mol. The Morgan fingerprint density at radius 1 is 0.571 bits per heavy atom. The van der Waals surface area contributed by atoms with Crippen molar-refractivity contribution in [1.82, 2.24) is 0 Å². The molecule has 1 heteroatoms. The molecule has 0 saturated carbocycles. The molecule has 0 unspecified atom stereocenters. The second-order valence-corrected chi connectivity index (χ2v) is 5.34. The molecule has 0 heterocycles. The highest BCUT2D eigenvalue weighted by molar-refractivity contribution is 5.65. The van der Waals surface area contributed by atoms with Crippen LogP contribution >= 0.6 is 0 Å². The topological polar surface area (TPSA) is 17.1 Å². The molecule has 0 aliphatic heterocycles. The van der Waals surface area contributed by atoms with Gasteiger partial charge in [-0.2, -0.15) is 0 Å². The van der Waals surface area contributed by atoms with Gasteiger partial charge in [-0.15, -0.1) is 0 Å². The summed E-state index contributed by atoms with van der Waals surface area (Å²) < 4.78 is 0. The molecule has 0 aromatic carbocycles. The molecule has 0 aromatic heterocycles. The lowest BCUT2D eigenvalue weighted by Gasteiger charge is -2.00. The van der Waals surface area contributed by atoms with Gasteiger partial charge in [0, 0.05) is 0 Å². The van der Waals surface area contributed by atoms with Crippen LogP contribution in [-0.2, 0) is 4.79 Å². The lowest BCUT2D eigenvalue weighted by atomic mass is 10.1. The third-order valence-corrected chi connectivity index (χ3v) is 3.36. The second-order valence-electron chi connectivity index (χ2n) is 5.34. The summed E-state index contributed by atoms with van der Waals surface area (Å²) in [7, 11) is 0. The van der Waals surface area contributed by atoms with Crippen LogP contribution in [0.5, 0.6) is 0 Å². The van der Waals surface area contributed by atoms with Crippen LogP contribution in [0.1, 0.15) is 71.1 Å². The van der Waals surface area contributed by atoms with Crippen LogP contribution in [-0.4, -0.2) is 6.29 Å². The fourth-order valence-electron chi connectivity index (χ4n) is 2.11. The number of aldehydes is 1. The van der Waals surface area contributed by atoms with Crippen molar-refractivity contribution in [2.24, 2.45) is 0 Å². The van der Waals surface area contributed by atoms with Crippen molar-refractivity contribution in [2.75, 3.05) is 0 Å². The summed E-state index contributed by atoms with van der Waals surface area (Å²) in [6.45, 7) is 2.27. The van der Waals surface area contributed by atoms with Gasteiger partial charge >= 0.3 is 0 Å². The van der Waals surface area contributed by atoms with E-state index in [4.69, 9.17) is 0 Å². The molecule has 21 heavy (non-hydrogen) atoms. The van der Waals surface area contributed by atoms with Crippen LogP contribution in [0.4, 0.5) is 0 Å². The van der Waals surface area contributed by atoms with Crippen LogP contribution in [0.3, 0.4) is 0 Å². The first-order valence-electron chi connectivity index (χ1n) is 8.52. The van der Waals surface area contributed by atoms with E-state index in [1.807, 2.05) is 24.3 Å².